The fraction of sp³-hybridized carbons (Fsp3) is 0.370. The van der Waals surface area contributed by atoms with Crippen LogP contribution < -0.4 is 5.73 Å². The standard InChI is InChI=1S/C27H29NO2/c1-2-14-26(30)16-17-27(15-6-9-20-7-4-3-5-8-20)23(19-26)12-10-21-18-22(25(28)29)11-13-24(21)27/h3-9,11,13,18,23,30H,10,12,15-17,19H2,1H3,(H2,28,29)/t23-,26-,27-/m1/s1. The number of allylic oxidation sites excluding steroid dienone is 1. The Bertz CT molecular complexity index is 1030. The molecule has 3 N–H and O–H groups in total. The van der Waals surface area contributed by atoms with Gasteiger partial charge in [0.25, 0.3) is 0 Å². The van der Waals surface area contributed by atoms with E-state index in [2.05, 4.69) is 42.2 Å². The molecule has 4 rings (SSSR count). The third-order valence-electron chi connectivity index (χ3n) is 6.99. The van der Waals surface area contributed by atoms with E-state index >= 15 is 0 Å². The third-order valence-corrected chi connectivity index (χ3v) is 6.99. The highest BCUT2D eigenvalue weighted by atomic mass is 16.3. The van der Waals surface area contributed by atoms with Crippen molar-refractivity contribution in [2.45, 2.75) is 56.5 Å². The number of hydrogen-bond donors (Lipinski definition) is 2. The Balaban J connectivity index is 1.72. The molecule has 154 valence electrons. The van der Waals surface area contributed by atoms with E-state index in [1.54, 1.807) is 6.92 Å². The number of benzene rings is 2. The molecule has 2 aromatic rings. The zero-order valence-electron chi connectivity index (χ0n) is 17.5. The molecule has 0 aromatic heterocycles. The van der Waals surface area contributed by atoms with E-state index in [0.717, 1.165) is 25.7 Å². The molecule has 1 saturated carbocycles. The molecule has 1 fully saturated rings. The van der Waals surface area contributed by atoms with Crippen LogP contribution in [0.5, 0.6) is 0 Å². The molecule has 0 aliphatic heterocycles. The number of aryl methyl sites for hydroxylation is 1. The van der Waals surface area contributed by atoms with E-state index < -0.39 is 5.60 Å². The molecule has 3 nitrogen and oxygen atoms in total. The van der Waals surface area contributed by atoms with Crippen molar-refractivity contribution in [3.05, 3.63) is 76.9 Å². The number of carbonyl (C=O) groups is 1. The lowest BCUT2D eigenvalue weighted by Gasteiger charge is -2.52. The lowest BCUT2D eigenvalue weighted by Crippen LogP contribution is -2.49. The normalized spacial score (nSPS) is 27.6. The highest BCUT2D eigenvalue weighted by molar-refractivity contribution is 5.93. The summed E-state index contributed by atoms with van der Waals surface area (Å²) in [6.45, 7) is 1.80. The van der Waals surface area contributed by atoms with Gasteiger partial charge < -0.3 is 10.8 Å². The van der Waals surface area contributed by atoms with Gasteiger partial charge in [-0.25, -0.2) is 0 Å². The molecule has 0 heterocycles. The van der Waals surface area contributed by atoms with Crippen LogP contribution >= 0.6 is 0 Å². The Morgan fingerprint density at radius 1 is 1.23 bits per heavy atom. The minimum Gasteiger partial charge on any atom is -0.378 e. The third kappa shape index (κ3) is 3.80. The Labute approximate surface area is 179 Å². The van der Waals surface area contributed by atoms with E-state index in [0.29, 0.717) is 24.3 Å². The maximum Gasteiger partial charge on any atom is 0.248 e. The second-order valence-electron chi connectivity index (χ2n) is 8.76. The zero-order chi connectivity index (χ0) is 21.2. The van der Waals surface area contributed by atoms with Gasteiger partial charge in [0.2, 0.25) is 5.91 Å². The van der Waals surface area contributed by atoms with Crippen molar-refractivity contribution in [2.24, 2.45) is 11.7 Å². The summed E-state index contributed by atoms with van der Waals surface area (Å²) in [6.07, 6.45) is 9.50. The summed E-state index contributed by atoms with van der Waals surface area (Å²) in [5.41, 5.74) is 8.89. The first-order valence-electron chi connectivity index (χ1n) is 10.8. The summed E-state index contributed by atoms with van der Waals surface area (Å²) in [4.78, 5) is 11.7. The van der Waals surface area contributed by atoms with Crippen molar-refractivity contribution in [3.8, 4) is 11.8 Å². The van der Waals surface area contributed by atoms with E-state index in [-0.39, 0.29) is 11.3 Å². The van der Waals surface area contributed by atoms with E-state index in [4.69, 9.17) is 5.73 Å². The molecule has 30 heavy (non-hydrogen) atoms. The van der Waals surface area contributed by atoms with Crippen LogP contribution in [0.3, 0.4) is 0 Å². The number of amides is 1. The average molecular weight is 400 g/mol. The number of primary amides is 1. The quantitative estimate of drug-likeness (QED) is 0.737. The van der Waals surface area contributed by atoms with Crippen LogP contribution in [0.15, 0.2) is 54.6 Å². The molecule has 0 spiro atoms. The molecule has 2 aromatic carbocycles. The van der Waals surface area contributed by atoms with Gasteiger partial charge in [0, 0.05) is 11.0 Å². The molecule has 1 amide bonds. The second kappa shape index (κ2) is 8.13. The lowest BCUT2D eigenvalue weighted by molar-refractivity contribution is -0.00715. The molecular formula is C27H29NO2. The number of rotatable bonds is 4. The Kier molecular flexibility index (Phi) is 5.54. The largest absolute Gasteiger partial charge is 0.378 e. The van der Waals surface area contributed by atoms with Gasteiger partial charge in [-0.15, -0.1) is 5.92 Å². The van der Waals surface area contributed by atoms with Gasteiger partial charge in [0.15, 0.2) is 0 Å². The maximum atomic E-state index is 11.7. The van der Waals surface area contributed by atoms with Gasteiger partial charge in [0.1, 0.15) is 5.60 Å². The SMILES string of the molecule is CC#C[C@@]1(O)CC[C@@]2(CC=Cc3ccccc3)c3ccc(C(N)=O)cc3CC[C@@H]2C1. The van der Waals surface area contributed by atoms with Gasteiger partial charge in [-0.05, 0) is 80.2 Å². The number of nitrogens with two attached hydrogens (primary N) is 1. The van der Waals surface area contributed by atoms with Crippen molar-refractivity contribution in [3.63, 3.8) is 0 Å². The van der Waals surface area contributed by atoms with Crippen molar-refractivity contribution in [2.75, 3.05) is 0 Å². The maximum absolute atomic E-state index is 11.7. The summed E-state index contributed by atoms with van der Waals surface area (Å²) in [6, 6.07) is 16.3. The molecule has 0 radical (unpaired) electrons. The lowest BCUT2D eigenvalue weighted by atomic mass is 9.53. The Morgan fingerprint density at radius 2 is 2.03 bits per heavy atom. The summed E-state index contributed by atoms with van der Waals surface area (Å²) in [5, 5.41) is 11.0. The molecule has 0 saturated heterocycles. The van der Waals surface area contributed by atoms with Crippen LogP contribution in [0.2, 0.25) is 0 Å². The summed E-state index contributed by atoms with van der Waals surface area (Å²) in [5.74, 6) is 5.96. The van der Waals surface area contributed by atoms with Crippen LogP contribution in [0.4, 0.5) is 0 Å². The summed E-state index contributed by atoms with van der Waals surface area (Å²) in [7, 11) is 0. The van der Waals surface area contributed by atoms with E-state index in [1.165, 1.54) is 16.7 Å². The molecule has 2 aliphatic rings. The van der Waals surface area contributed by atoms with Gasteiger partial charge in [-0.2, -0.15) is 0 Å². The number of hydrogen-bond acceptors (Lipinski definition) is 2. The molecule has 0 unspecified atom stereocenters. The number of fused-ring (bicyclic) bond motifs is 3. The number of aliphatic hydroxyl groups is 1. The zero-order valence-corrected chi connectivity index (χ0v) is 17.5. The van der Waals surface area contributed by atoms with Crippen LogP contribution in [-0.4, -0.2) is 16.6 Å². The number of carbonyl (C=O) groups excluding carboxylic acids is 1. The fourth-order valence-electron chi connectivity index (χ4n) is 5.54. The minimum atomic E-state index is -0.892. The predicted octanol–water partition coefficient (Wildman–Crippen LogP) is 4.63. The van der Waals surface area contributed by atoms with Gasteiger partial charge in [-0.3, -0.25) is 4.79 Å². The van der Waals surface area contributed by atoms with Crippen LogP contribution in [0.25, 0.3) is 6.08 Å². The summed E-state index contributed by atoms with van der Waals surface area (Å²) < 4.78 is 0. The van der Waals surface area contributed by atoms with Crippen LogP contribution in [0.1, 0.15) is 66.1 Å². The van der Waals surface area contributed by atoms with E-state index in [1.807, 2.05) is 30.3 Å². The molecule has 2 aliphatic carbocycles. The fourth-order valence-corrected chi connectivity index (χ4v) is 5.54. The van der Waals surface area contributed by atoms with Crippen LogP contribution in [0, 0.1) is 17.8 Å². The molecular weight excluding hydrogens is 370 g/mol. The predicted molar refractivity (Wildman–Crippen MR) is 121 cm³/mol. The first-order valence-corrected chi connectivity index (χ1v) is 10.8. The van der Waals surface area contributed by atoms with Crippen molar-refractivity contribution in [1.82, 2.24) is 0 Å². The van der Waals surface area contributed by atoms with Gasteiger partial charge in [0.05, 0.1) is 0 Å². The second-order valence-corrected chi connectivity index (χ2v) is 8.76. The average Bonchev–Trinajstić information content (AvgIpc) is 2.74. The first-order chi connectivity index (χ1) is 14.5. The van der Waals surface area contributed by atoms with Crippen LogP contribution in [-0.2, 0) is 11.8 Å². The van der Waals surface area contributed by atoms with Gasteiger partial charge in [-0.1, -0.05) is 54.5 Å². The van der Waals surface area contributed by atoms with Crippen molar-refractivity contribution in [1.29, 1.82) is 0 Å². The van der Waals surface area contributed by atoms with Crippen molar-refractivity contribution >= 4 is 12.0 Å². The highest BCUT2D eigenvalue weighted by Crippen LogP contribution is 2.54. The van der Waals surface area contributed by atoms with E-state index in [9.17, 15) is 9.90 Å². The monoisotopic (exact) mass is 399 g/mol. The smallest absolute Gasteiger partial charge is 0.248 e. The van der Waals surface area contributed by atoms with Gasteiger partial charge >= 0.3 is 0 Å². The van der Waals surface area contributed by atoms with Crippen molar-refractivity contribution < 1.29 is 9.90 Å². The first kappa shape index (κ1) is 20.4. The molecule has 0 bridgehead atoms. The molecule has 3 heteroatoms. The minimum absolute atomic E-state index is 0.0449. The summed E-state index contributed by atoms with van der Waals surface area (Å²) >= 11 is 0. The highest BCUT2D eigenvalue weighted by Gasteiger charge is 2.50. The Morgan fingerprint density at radius 3 is 2.77 bits per heavy atom. The topological polar surface area (TPSA) is 63.3 Å². The molecule has 3 atom stereocenters. The Hall–Kier alpha value is -2.83.